The third kappa shape index (κ3) is 8.26. The Kier molecular flexibility index (Phi) is 11.4. The van der Waals surface area contributed by atoms with Crippen LogP contribution < -0.4 is 25.7 Å². The molecule has 1 heterocycles. The SMILES string of the molecule is COc1cc(CNCC(O)c2ccc(O)c3[nH]c(=O)ccc23)ccc1C(=O)NCc1ccc(COc2cccc(C(O)(C(=O)O)c3ccccc3)c2)cc1. The van der Waals surface area contributed by atoms with Crippen molar-refractivity contribution < 1.29 is 39.5 Å². The Balaban J connectivity index is 1.01. The molecule has 2 unspecified atom stereocenters. The molecule has 0 spiro atoms. The quantitative estimate of drug-likeness (QED) is 0.0766. The van der Waals surface area contributed by atoms with Gasteiger partial charge in [0.2, 0.25) is 11.2 Å². The van der Waals surface area contributed by atoms with Crippen LogP contribution in [0.15, 0.2) is 126 Å². The number of amides is 1. The molecular formula is C42H39N3O9. The highest BCUT2D eigenvalue weighted by Gasteiger charge is 2.40. The van der Waals surface area contributed by atoms with E-state index in [-0.39, 0.29) is 53.6 Å². The maximum Gasteiger partial charge on any atom is 0.345 e. The minimum Gasteiger partial charge on any atom is -0.506 e. The van der Waals surface area contributed by atoms with Crippen molar-refractivity contribution in [1.29, 1.82) is 0 Å². The van der Waals surface area contributed by atoms with Gasteiger partial charge in [0.1, 0.15) is 23.9 Å². The van der Waals surface area contributed by atoms with E-state index in [2.05, 4.69) is 15.6 Å². The predicted octanol–water partition coefficient (Wildman–Crippen LogP) is 4.90. The number of methoxy groups -OCH3 is 1. The summed E-state index contributed by atoms with van der Waals surface area (Å²) in [6, 6.07) is 33.2. The summed E-state index contributed by atoms with van der Waals surface area (Å²) in [4.78, 5) is 39.6. The van der Waals surface area contributed by atoms with Gasteiger partial charge in [-0.1, -0.05) is 78.9 Å². The molecule has 6 rings (SSSR count). The van der Waals surface area contributed by atoms with E-state index in [1.54, 1.807) is 78.9 Å². The van der Waals surface area contributed by atoms with Crippen LogP contribution in [0.3, 0.4) is 0 Å². The third-order valence-corrected chi connectivity index (χ3v) is 9.08. The maximum absolute atomic E-state index is 13.1. The van der Waals surface area contributed by atoms with E-state index >= 15 is 0 Å². The number of hydrogen-bond acceptors (Lipinski definition) is 9. The molecule has 0 bridgehead atoms. The summed E-state index contributed by atoms with van der Waals surface area (Å²) in [5, 5.41) is 48.7. The standard InChI is InChI=1S/C42H39N3O9/c1-53-37-20-28(22-43-24-36(47)32-16-18-35(46)39-33(32)17-19-38(48)45-39)14-15-34(37)40(49)44-23-26-10-12-27(13-11-26)25-54-31-9-5-8-30(21-31)42(52,41(50)51)29-6-3-2-4-7-29/h2-21,36,43,46-47,52H,22-25H2,1H3,(H,44,49)(H,45,48)(H,50,51). The average molecular weight is 730 g/mol. The van der Waals surface area contributed by atoms with Crippen LogP contribution in [0.4, 0.5) is 0 Å². The van der Waals surface area contributed by atoms with Crippen molar-refractivity contribution in [3.8, 4) is 17.2 Å². The number of carbonyl (C=O) groups excluding carboxylic acids is 1. The lowest BCUT2D eigenvalue weighted by atomic mass is 9.86. The number of hydrogen-bond donors (Lipinski definition) is 7. The lowest BCUT2D eigenvalue weighted by molar-refractivity contribution is -0.155. The number of aromatic nitrogens is 1. The molecule has 12 nitrogen and oxygen atoms in total. The number of benzene rings is 5. The second-order valence-electron chi connectivity index (χ2n) is 12.7. The van der Waals surface area contributed by atoms with Crippen molar-refractivity contribution in [2.45, 2.75) is 31.4 Å². The Morgan fingerprint density at radius 3 is 2.28 bits per heavy atom. The molecular weight excluding hydrogens is 690 g/mol. The average Bonchev–Trinajstić information content (AvgIpc) is 3.19. The summed E-state index contributed by atoms with van der Waals surface area (Å²) in [7, 11) is 1.49. The van der Waals surface area contributed by atoms with Gasteiger partial charge in [-0.05, 0) is 64.2 Å². The van der Waals surface area contributed by atoms with Crippen LogP contribution in [-0.4, -0.2) is 50.9 Å². The van der Waals surface area contributed by atoms with Crippen molar-refractivity contribution in [3.63, 3.8) is 0 Å². The van der Waals surface area contributed by atoms with Crippen LogP contribution in [0.1, 0.15) is 49.8 Å². The van der Waals surface area contributed by atoms with E-state index in [1.807, 2.05) is 24.3 Å². The third-order valence-electron chi connectivity index (χ3n) is 9.08. The number of ether oxygens (including phenoxy) is 2. The number of fused-ring (bicyclic) bond motifs is 1. The molecule has 6 aromatic rings. The highest BCUT2D eigenvalue weighted by atomic mass is 16.5. The molecule has 0 aliphatic carbocycles. The van der Waals surface area contributed by atoms with E-state index in [9.17, 15) is 34.8 Å². The van der Waals surface area contributed by atoms with Crippen molar-refractivity contribution in [3.05, 3.63) is 171 Å². The number of carboxylic acid groups (broad SMARTS) is 1. The van der Waals surface area contributed by atoms with Crippen LogP contribution in [0, 0.1) is 0 Å². The number of phenolic OH excluding ortho intramolecular Hbond substituents is 1. The van der Waals surface area contributed by atoms with E-state index in [0.717, 1.165) is 16.7 Å². The zero-order valence-corrected chi connectivity index (χ0v) is 29.3. The first-order chi connectivity index (χ1) is 26.1. The van der Waals surface area contributed by atoms with Crippen molar-refractivity contribution in [2.24, 2.45) is 0 Å². The molecule has 0 radical (unpaired) electrons. The number of aromatic hydroxyl groups is 1. The van der Waals surface area contributed by atoms with Gasteiger partial charge in [-0.15, -0.1) is 0 Å². The fourth-order valence-corrected chi connectivity index (χ4v) is 6.15. The van der Waals surface area contributed by atoms with Gasteiger partial charge in [-0.3, -0.25) is 9.59 Å². The minimum atomic E-state index is -2.24. The zero-order valence-electron chi connectivity index (χ0n) is 29.3. The summed E-state index contributed by atoms with van der Waals surface area (Å²) in [6.45, 7) is 1.02. The second-order valence-corrected chi connectivity index (χ2v) is 12.7. The topological polar surface area (TPSA) is 190 Å². The summed E-state index contributed by atoms with van der Waals surface area (Å²) < 4.78 is 11.4. The van der Waals surface area contributed by atoms with Gasteiger partial charge in [-0.2, -0.15) is 0 Å². The number of aliphatic hydroxyl groups excluding tert-OH is 1. The number of aliphatic hydroxyl groups is 2. The van der Waals surface area contributed by atoms with Gasteiger partial charge in [-0.25, -0.2) is 4.79 Å². The first-order valence-corrected chi connectivity index (χ1v) is 17.1. The first kappa shape index (κ1) is 37.3. The molecule has 0 fully saturated rings. The molecule has 0 aliphatic heterocycles. The Hall–Kier alpha value is -6.47. The molecule has 0 saturated heterocycles. The number of pyridine rings is 1. The van der Waals surface area contributed by atoms with Crippen molar-refractivity contribution in [2.75, 3.05) is 13.7 Å². The largest absolute Gasteiger partial charge is 0.506 e. The molecule has 276 valence electrons. The lowest BCUT2D eigenvalue weighted by Crippen LogP contribution is -2.36. The number of H-pyrrole nitrogens is 1. The molecule has 12 heteroatoms. The monoisotopic (exact) mass is 729 g/mol. The molecule has 0 saturated carbocycles. The number of carbonyl (C=O) groups is 2. The Labute approximate surface area is 310 Å². The van der Waals surface area contributed by atoms with E-state index < -0.39 is 17.7 Å². The zero-order chi connectivity index (χ0) is 38.2. The summed E-state index contributed by atoms with van der Waals surface area (Å²) in [6.07, 6.45) is -0.918. The number of phenols is 1. The van der Waals surface area contributed by atoms with E-state index in [1.165, 1.54) is 25.3 Å². The van der Waals surface area contributed by atoms with Gasteiger partial charge >= 0.3 is 5.97 Å². The summed E-state index contributed by atoms with van der Waals surface area (Å²) >= 11 is 0. The number of rotatable bonds is 15. The molecule has 54 heavy (non-hydrogen) atoms. The van der Waals surface area contributed by atoms with Crippen LogP contribution in [0.5, 0.6) is 17.2 Å². The molecule has 5 aromatic carbocycles. The minimum absolute atomic E-state index is 0.0804. The molecule has 0 aliphatic rings. The number of carboxylic acids is 1. The van der Waals surface area contributed by atoms with E-state index in [4.69, 9.17) is 9.47 Å². The smallest absolute Gasteiger partial charge is 0.345 e. The molecule has 1 aromatic heterocycles. The highest BCUT2D eigenvalue weighted by molar-refractivity contribution is 5.97. The van der Waals surface area contributed by atoms with Crippen LogP contribution >= 0.6 is 0 Å². The normalized spacial score (nSPS) is 12.8. The van der Waals surface area contributed by atoms with Crippen molar-refractivity contribution in [1.82, 2.24) is 15.6 Å². The van der Waals surface area contributed by atoms with Gasteiger partial charge in [0.15, 0.2) is 0 Å². The second kappa shape index (κ2) is 16.5. The number of aliphatic carboxylic acids is 1. The molecule has 1 amide bonds. The van der Waals surface area contributed by atoms with Gasteiger partial charge in [0.05, 0.1) is 24.3 Å². The lowest BCUT2D eigenvalue weighted by Gasteiger charge is -2.25. The Bertz CT molecular complexity index is 2330. The maximum atomic E-state index is 13.1. The molecule has 2 atom stereocenters. The molecule has 7 N–H and O–H groups in total. The van der Waals surface area contributed by atoms with Gasteiger partial charge < -0.3 is 45.5 Å². The Morgan fingerprint density at radius 2 is 1.54 bits per heavy atom. The Morgan fingerprint density at radius 1 is 0.815 bits per heavy atom. The first-order valence-electron chi connectivity index (χ1n) is 17.1. The fraction of sp³-hybridized carbons (Fsp3) is 0.167. The van der Waals surface area contributed by atoms with Crippen LogP contribution in [-0.2, 0) is 30.1 Å². The van der Waals surface area contributed by atoms with Crippen LogP contribution in [0.2, 0.25) is 0 Å². The van der Waals surface area contributed by atoms with E-state index in [0.29, 0.717) is 34.6 Å². The number of aromatic amines is 1. The van der Waals surface area contributed by atoms with Gasteiger partial charge in [0.25, 0.3) is 5.91 Å². The number of nitrogens with one attached hydrogen (secondary N) is 3. The highest BCUT2D eigenvalue weighted by Crippen LogP contribution is 2.33. The summed E-state index contributed by atoms with van der Waals surface area (Å²) in [5.74, 6) is -1.00. The fourth-order valence-electron chi connectivity index (χ4n) is 6.15. The van der Waals surface area contributed by atoms with Crippen LogP contribution in [0.25, 0.3) is 10.9 Å². The predicted molar refractivity (Wildman–Crippen MR) is 201 cm³/mol. The summed E-state index contributed by atoms with van der Waals surface area (Å²) in [5.41, 5.74) is 1.52. The van der Waals surface area contributed by atoms with Crippen molar-refractivity contribution >= 4 is 22.8 Å². The van der Waals surface area contributed by atoms with Gasteiger partial charge in [0, 0.05) is 36.7 Å².